The van der Waals surface area contributed by atoms with Gasteiger partial charge in [0.25, 0.3) is 0 Å². The number of hydrogen-bond donors (Lipinski definition) is 0. The predicted octanol–water partition coefficient (Wildman–Crippen LogP) is 11.0. The molecule has 206 valence electrons. The van der Waals surface area contributed by atoms with Crippen molar-refractivity contribution in [1.29, 1.82) is 0 Å². The Labute approximate surface area is 257 Å². The molecule has 1 aromatic heterocycles. The van der Waals surface area contributed by atoms with Crippen molar-refractivity contribution < 1.29 is 0 Å². The van der Waals surface area contributed by atoms with Gasteiger partial charge in [-0.05, 0) is 113 Å². The molecule has 1 aliphatic carbocycles. The van der Waals surface area contributed by atoms with E-state index in [1.807, 2.05) is 12.3 Å². The fraction of sp³-hybridized carbons (Fsp3) is 0.0465. The Bertz CT molecular complexity index is 2360. The summed E-state index contributed by atoms with van der Waals surface area (Å²) < 4.78 is 0. The monoisotopic (exact) mass is 559 g/mol. The molecule has 0 saturated carbocycles. The fourth-order valence-corrected chi connectivity index (χ4v) is 7.16. The Hall–Kier alpha value is -5.53. The summed E-state index contributed by atoms with van der Waals surface area (Å²) >= 11 is 0. The highest BCUT2D eigenvalue weighted by Crippen LogP contribution is 2.38. The molecular formula is C43H29N. The average Bonchev–Trinajstić information content (AvgIpc) is 3.10. The van der Waals surface area contributed by atoms with Crippen LogP contribution in [0.15, 0.2) is 152 Å². The molecule has 7 aromatic carbocycles. The van der Waals surface area contributed by atoms with E-state index in [0.717, 1.165) is 12.8 Å². The second-order valence-corrected chi connectivity index (χ2v) is 12.0. The van der Waals surface area contributed by atoms with E-state index in [1.54, 1.807) is 0 Å². The van der Waals surface area contributed by atoms with Crippen LogP contribution in [0, 0.1) is 0 Å². The van der Waals surface area contributed by atoms with Crippen LogP contribution in [-0.2, 0) is 12.8 Å². The lowest BCUT2D eigenvalue weighted by Crippen LogP contribution is -2.09. The summed E-state index contributed by atoms with van der Waals surface area (Å²) in [6.45, 7) is 0. The van der Waals surface area contributed by atoms with Gasteiger partial charge in [-0.3, -0.25) is 4.98 Å². The molecule has 0 radical (unpaired) electrons. The van der Waals surface area contributed by atoms with Gasteiger partial charge < -0.3 is 0 Å². The fourth-order valence-electron chi connectivity index (χ4n) is 7.16. The summed E-state index contributed by atoms with van der Waals surface area (Å²) in [5.41, 5.74) is 12.8. The van der Waals surface area contributed by atoms with Gasteiger partial charge in [-0.2, -0.15) is 0 Å². The van der Waals surface area contributed by atoms with Crippen molar-refractivity contribution >= 4 is 32.3 Å². The van der Waals surface area contributed by atoms with Crippen LogP contribution < -0.4 is 0 Å². The summed E-state index contributed by atoms with van der Waals surface area (Å²) in [4.78, 5) is 4.65. The van der Waals surface area contributed by atoms with Crippen molar-refractivity contribution in [3.05, 3.63) is 174 Å². The minimum absolute atomic E-state index is 0.901. The second kappa shape index (κ2) is 10.0. The Kier molecular flexibility index (Phi) is 5.70. The number of hydrogen-bond acceptors (Lipinski definition) is 1. The van der Waals surface area contributed by atoms with Crippen LogP contribution in [-0.4, -0.2) is 4.98 Å². The van der Waals surface area contributed by atoms with E-state index >= 15 is 0 Å². The molecule has 1 aliphatic rings. The first kappa shape index (κ1) is 25.0. The van der Waals surface area contributed by atoms with Gasteiger partial charge in [0.2, 0.25) is 0 Å². The van der Waals surface area contributed by atoms with Crippen molar-refractivity contribution in [1.82, 2.24) is 4.98 Å². The Balaban J connectivity index is 1.10. The SMILES string of the molecule is c1cc(-c2cccc(-c3ccc4c5ccccc5c5ccccc5c4c3)c2)cc(-c2ccc3c(c2)Cc2ncccc2C3)c1. The van der Waals surface area contributed by atoms with Gasteiger partial charge in [-0.15, -0.1) is 0 Å². The summed E-state index contributed by atoms with van der Waals surface area (Å²) in [5.74, 6) is 0. The molecule has 0 atom stereocenters. The highest BCUT2D eigenvalue weighted by atomic mass is 14.7. The van der Waals surface area contributed by atoms with Crippen LogP contribution >= 0.6 is 0 Å². The van der Waals surface area contributed by atoms with E-state index in [0.29, 0.717) is 0 Å². The van der Waals surface area contributed by atoms with Crippen LogP contribution in [0.1, 0.15) is 22.4 Å². The zero-order valence-electron chi connectivity index (χ0n) is 24.3. The van der Waals surface area contributed by atoms with Gasteiger partial charge in [-0.1, -0.05) is 121 Å². The first-order valence-corrected chi connectivity index (χ1v) is 15.4. The van der Waals surface area contributed by atoms with Crippen molar-refractivity contribution in [2.75, 3.05) is 0 Å². The number of benzene rings is 7. The van der Waals surface area contributed by atoms with Gasteiger partial charge in [-0.25, -0.2) is 0 Å². The van der Waals surface area contributed by atoms with Crippen molar-refractivity contribution in [2.24, 2.45) is 0 Å². The minimum atomic E-state index is 0.901. The van der Waals surface area contributed by atoms with Crippen LogP contribution in [0.3, 0.4) is 0 Å². The molecular weight excluding hydrogens is 530 g/mol. The van der Waals surface area contributed by atoms with Crippen LogP contribution in [0.2, 0.25) is 0 Å². The van der Waals surface area contributed by atoms with Crippen molar-refractivity contribution in [3.8, 4) is 33.4 Å². The Morgan fingerprint density at radius 3 is 1.48 bits per heavy atom. The summed E-state index contributed by atoms with van der Waals surface area (Å²) in [6.07, 6.45) is 3.78. The molecule has 0 unspecified atom stereocenters. The van der Waals surface area contributed by atoms with Gasteiger partial charge >= 0.3 is 0 Å². The standard InChI is InChI=1S/C43H29N/c1-2-15-39-37(13-1)38-14-3-4-16-40(38)42-26-34(19-20-41(39)42)31-11-6-9-29(23-31)28-8-5-10-30(22-28)32-17-18-33-24-35-12-7-21-44-43(35)27-36(33)25-32/h1-23,25-26H,24,27H2. The lowest BCUT2D eigenvalue weighted by molar-refractivity contribution is 0.942. The predicted molar refractivity (Wildman–Crippen MR) is 185 cm³/mol. The van der Waals surface area contributed by atoms with E-state index in [-0.39, 0.29) is 0 Å². The number of nitrogens with zero attached hydrogens (tertiary/aromatic N) is 1. The van der Waals surface area contributed by atoms with Crippen molar-refractivity contribution in [3.63, 3.8) is 0 Å². The maximum Gasteiger partial charge on any atom is 0.0482 e. The van der Waals surface area contributed by atoms with E-state index in [9.17, 15) is 0 Å². The van der Waals surface area contributed by atoms with Crippen molar-refractivity contribution in [2.45, 2.75) is 12.8 Å². The normalized spacial score (nSPS) is 12.4. The first-order chi connectivity index (χ1) is 21.8. The molecule has 1 nitrogen and oxygen atoms in total. The minimum Gasteiger partial charge on any atom is -0.261 e. The molecule has 44 heavy (non-hydrogen) atoms. The molecule has 9 rings (SSSR count). The molecule has 0 spiro atoms. The molecule has 1 heteroatoms. The first-order valence-electron chi connectivity index (χ1n) is 15.4. The maximum absolute atomic E-state index is 4.65. The van der Waals surface area contributed by atoms with Gasteiger partial charge in [0.15, 0.2) is 0 Å². The Morgan fingerprint density at radius 1 is 0.318 bits per heavy atom. The highest BCUT2D eigenvalue weighted by Gasteiger charge is 2.17. The number of rotatable bonds is 3. The summed E-state index contributed by atoms with van der Waals surface area (Å²) in [5, 5.41) is 7.83. The highest BCUT2D eigenvalue weighted by molar-refractivity contribution is 6.25. The number of fused-ring (bicyclic) bond motifs is 8. The quantitative estimate of drug-likeness (QED) is 0.196. The second-order valence-electron chi connectivity index (χ2n) is 12.0. The maximum atomic E-state index is 4.65. The number of aromatic nitrogens is 1. The topological polar surface area (TPSA) is 12.9 Å². The molecule has 0 amide bonds. The van der Waals surface area contributed by atoms with Gasteiger partial charge in [0.05, 0.1) is 0 Å². The Morgan fingerprint density at radius 2 is 0.841 bits per heavy atom. The largest absolute Gasteiger partial charge is 0.261 e. The molecule has 0 fully saturated rings. The number of pyridine rings is 1. The molecule has 0 bridgehead atoms. The van der Waals surface area contributed by atoms with Crippen LogP contribution in [0.4, 0.5) is 0 Å². The van der Waals surface area contributed by atoms with Crippen LogP contribution in [0.5, 0.6) is 0 Å². The van der Waals surface area contributed by atoms with E-state index in [4.69, 9.17) is 0 Å². The zero-order valence-corrected chi connectivity index (χ0v) is 24.3. The smallest absolute Gasteiger partial charge is 0.0482 e. The molecule has 0 saturated heterocycles. The third kappa shape index (κ3) is 4.12. The van der Waals surface area contributed by atoms with E-state index in [2.05, 4.69) is 145 Å². The molecule has 0 N–H and O–H groups in total. The van der Waals surface area contributed by atoms with E-state index < -0.39 is 0 Å². The lowest BCUT2D eigenvalue weighted by atomic mass is 9.86. The average molecular weight is 560 g/mol. The summed E-state index contributed by atoms with van der Waals surface area (Å²) in [7, 11) is 0. The molecule has 1 heterocycles. The molecule has 0 aliphatic heterocycles. The third-order valence-corrected chi connectivity index (χ3v) is 9.40. The van der Waals surface area contributed by atoms with Gasteiger partial charge in [0, 0.05) is 18.3 Å². The summed E-state index contributed by atoms with van der Waals surface area (Å²) in [6, 6.07) is 53.6. The zero-order chi connectivity index (χ0) is 29.0. The third-order valence-electron chi connectivity index (χ3n) is 9.40. The lowest BCUT2D eigenvalue weighted by Gasteiger charge is -2.19. The molecule has 8 aromatic rings. The van der Waals surface area contributed by atoms with Crippen LogP contribution in [0.25, 0.3) is 65.7 Å². The van der Waals surface area contributed by atoms with Gasteiger partial charge in [0.1, 0.15) is 0 Å². The van der Waals surface area contributed by atoms with E-state index in [1.165, 1.54) is 88.1 Å².